The van der Waals surface area contributed by atoms with Crippen molar-refractivity contribution in [1.29, 1.82) is 0 Å². The molecule has 1 heterocycles. The van der Waals surface area contributed by atoms with E-state index in [1.54, 1.807) is 24.3 Å². The Hall–Kier alpha value is -2.90. The molecule has 0 bridgehead atoms. The van der Waals surface area contributed by atoms with Gasteiger partial charge in [-0.3, -0.25) is 9.52 Å². The smallest absolute Gasteiger partial charge is 0.321 e. The van der Waals surface area contributed by atoms with Gasteiger partial charge < -0.3 is 5.32 Å². The van der Waals surface area contributed by atoms with Crippen LogP contribution in [0.15, 0.2) is 47.8 Å². The highest BCUT2D eigenvalue weighted by Crippen LogP contribution is 2.32. The lowest BCUT2D eigenvalue weighted by Crippen LogP contribution is -2.26. The monoisotopic (exact) mass is 473 g/mol. The van der Waals surface area contributed by atoms with E-state index in [0.29, 0.717) is 17.4 Å². The van der Waals surface area contributed by atoms with E-state index in [0.717, 1.165) is 17.6 Å². The predicted molar refractivity (Wildman–Crippen MR) is 109 cm³/mol. The van der Waals surface area contributed by atoms with Gasteiger partial charge in [0.15, 0.2) is 16.9 Å². The van der Waals surface area contributed by atoms with E-state index in [9.17, 15) is 26.6 Å². The first-order valence-electron chi connectivity index (χ1n) is 8.69. The highest BCUT2D eigenvalue weighted by molar-refractivity contribution is 7.84. The zero-order valence-corrected chi connectivity index (χ0v) is 17.2. The van der Waals surface area contributed by atoms with E-state index in [-0.39, 0.29) is 24.2 Å². The number of rotatable bonds is 8. The van der Waals surface area contributed by atoms with Crippen molar-refractivity contribution in [2.24, 2.45) is 0 Å². The third-order valence-electron chi connectivity index (χ3n) is 3.96. The fraction of sp³-hybridized carbons (Fsp3) is 0.167. The zero-order valence-electron chi connectivity index (χ0n) is 15.6. The molecule has 0 aliphatic carbocycles. The summed E-state index contributed by atoms with van der Waals surface area (Å²) in [4.78, 5) is 11.9. The summed E-state index contributed by atoms with van der Waals surface area (Å²) in [6, 6.07) is 9.34. The van der Waals surface area contributed by atoms with E-state index in [4.69, 9.17) is 0 Å². The molecule has 3 aromatic rings. The van der Waals surface area contributed by atoms with Crippen molar-refractivity contribution in [3.8, 4) is 0 Å². The molecule has 7 nitrogen and oxygen atoms in total. The number of alkyl halides is 3. The van der Waals surface area contributed by atoms with Crippen LogP contribution in [0.1, 0.15) is 21.6 Å². The van der Waals surface area contributed by atoms with E-state index < -0.39 is 34.6 Å². The van der Waals surface area contributed by atoms with Crippen LogP contribution >= 0.6 is 11.5 Å². The Morgan fingerprint density at radius 3 is 2.45 bits per heavy atom. The normalized spacial score (nSPS) is 12.4. The number of nitrogens with zero attached hydrogens (tertiary/aromatic N) is 2. The van der Waals surface area contributed by atoms with Gasteiger partial charge in [0.2, 0.25) is 0 Å². The van der Waals surface area contributed by atoms with Crippen LogP contribution in [-0.2, 0) is 23.8 Å². The van der Waals surface area contributed by atoms with Crippen LogP contribution in [0, 0.1) is 5.82 Å². The number of nitrogens with one attached hydrogen (secondary N) is 3. The first-order valence-corrected chi connectivity index (χ1v) is 10.7. The Kier molecular flexibility index (Phi) is 7.30. The maximum atomic E-state index is 14.0. The SMILES string of the molecule is O=C(Nc1ccc(NS(=O)NCCc2cccc(C(F)(F)F)c2F)cc1)c1csnn1. The minimum Gasteiger partial charge on any atom is -0.321 e. The Morgan fingerprint density at radius 1 is 1.10 bits per heavy atom. The summed E-state index contributed by atoms with van der Waals surface area (Å²) >= 11 is -0.713. The van der Waals surface area contributed by atoms with E-state index >= 15 is 0 Å². The maximum absolute atomic E-state index is 14.0. The van der Waals surface area contributed by atoms with Gasteiger partial charge >= 0.3 is 6.18 Å². The van der Waals surface area contributed by atoms with E-state index in [1.807, 2.05) is 0 Å². The van der Waals surface area contributed by atoms with Gasteiger partial charge in [-0.25, -0.2) is 13.3 Å². The largest absolute Gasteiger partial charge is 0.419 e. The molecule has 3 rings (SSSR count). The Bertz CT molecular complexity index is 1060. The van der Waals surface area contributed by atoms with Crippen molar-refractivity contribution in [2.45, 2.75) is 12.6 Å². The van der Waals surface area contributed by atoms with E-state index in [1.165, 1.54) is 11.4 Å². The molecule has 0 saturated heterocycles. The van der Waals surface area contributed by atoms with Crippen molar-refractivity contribution in [3.05, 3.63) is 70.5 Å². The molecule has 0 spiro atoms. The van der Waals surface area contributed by atoms with Crippen molar-refractivity contribution >= 4 is 40.0 Å². The Labute approximate surface area is 180 Å². The van der Waals surface area contributed by atoms with Gasteiger partial charge in [-0.2, -0.15) is 13.2 Å². The molecule has 1 amide bonds. The lowest BCUT2D eigenvalue weighted by Gasteiger charge is -2.12. The molecule has 0 saturated carbocycles. The van der Waals surface area contributed by atoms with Crippen LogP contribution < -0.4 is 14.8 Å². The molecule has 1 aromatic heterocycles. The van der Waals surface area contributed by atoms with Crippen LogP contribution in [0.25, 0.3) is 0 Å². The number of aromatic nitrogens is 2. The van der Waals surface area contributed by atoms with Gasteiger partial charge in [-0.15, -0.1) is 5.10 Å². The molecular weight excluding hydrogens is 458 g/mol. The Morgan fingerprint density at radius 2 is 1.81 bits per heavy atom. The second-order valence-electron chi connectivity index (χ2n) is 6.11. The number of amides is 1. The minimum atomic E-state index is -4.78. The molecule has 0 aliphatic rings. The fourth-order valence-electron chi connectivity index (χ4n) is 2.49. The second kappa shape index (κ2) is 9.94. The molecular formula is C18H15F4N5O2S2. The summed E-state index contributed by atoms with van der Waals surface area (Å²) in [7, 11) is 0. The molecule has 31 heavy (non-hydrogen) atoms. The average molecular weight is 473 g/mol. The number of anilines is 2. The minimum absolute atomic E-state index is 0.0202. The summed E-state index contributed by atoms with van der Waals surface area (Å²) in [6.45, 7) is -0.0202. The van der Waals surface area contributed by atoms with Gasteiger partial charge in [0.1, 0.15) is 5.82 Å². The van der Waals surface area contributed by atoms with Crippen molar-refractivity contribution in [1.82, 2.24) is 14.3 Å². The highest BCUT2D eigenvalue weighted by Gasteiger charge is 2.34. The molecule has 164 valence electrons. The summed E-state index contributed by atoms with van der Waals surface area (Å²) < 4.78 is 73.1. The number of carbonyl (C=O) groups excluding carboxylic acids is 1. The topological polar surface area (TPSA) is 96.0 Å². The summed E-state index contributed by atoms with van der Waals surface area (Å²) in [5.41, 5.74) is -0.321. The van der Waals surface area contributed by atoms with Gasteiger partial charge in [-0.05, 0) is 53.8 Å². The van der Waals surface area contributed by atoms with Crippen LogP contribution in [0.2, 0.25) is 0 Å². The lowest BCUT2D eigenvalue weighted by atomic mass is 10.1. The maximum Gasteiger partial charge on any atom is 0.419 e. The molecule has 1 unspecified atom stereocenters. The average Bonchev–Trinajstić information content (AvgIpc) is 3.25. The van der Waals surface area contributed by atoms with Gasteiger partial charge in [-0.1, -0.05) is 16.6 Å². The quantitative estimate of drug-likeness (QED) is 0.434. The molecule has 1 atom stereocenters. The molecule has 0 radical (unpaired) electrons. The third-order valence-corrected chi connectivity index (χ3v) is 5.35. The van der Waals surface area contributed by atoms with Crippen LogP contribution in [0.5, 0.6) is 0 Å². The lowest BCUT2D eigenvalue weighted by molar-refractivity contribution is -0.140. The van der Waals surface area contributed by atoms with Crippen molar-refractivity contribution in [2.75, 3.05) is 16.6 Å². The third kappa shape index (κ3) is 6.29. The standard InChI is InChI=1S/C18H15F4N5O2S2/c19-16-11(2-1-3-14(16)18(20,21)22)8-9-23-31(29)26-13-6-4-12(5-7-13)24-17(28)15-10-30-27-25-15/h1-7,10,23,26H,8-9H2,(H,24,28). The molecule has 0 aliphatic heterocycles. The fourth-order valence-corrected chi connectivity index (χ4v) is 3.64. The summed E-state index contributed by atoms with van der Waals surface area (Å²) in [5, 5.41) is 7.79. The molecule has 3 N–H and O–H groups in total. The van der Waals surface area contributed by atoms with Crippen LogP contribution in [0.3, 0.4) is 0 Å². The zero-order chi connectivity index (χ0) is 22.4. The summed E-state index contributed by atoms with van der Waals surface area (Å²) in [5.74, 6) is -1.75. The van der Waals surface area contributed by atoms with E-state index in [2.05, 4.69) is 24.3 Å². The van der Waals surface area contributed by atoms with Crippen molar-refractivity contribution in [3.63, 3.8) is 0 Å². The first kappa shape index (κ1) is 22.8. The first-order chi connectivity index (χ1) is 14.7. The second-order valence-corrected chi connectivity index (χ2v) is 7.75. The molecule has 2 aromatic carbocycles. The highest BCUT2D eigenvalue weighted by atomic mass is 32.2. The molecule has 0 fully saturated rings. The van der Waals surface area contributed by atoms with Gasteiger partial charge in [0.05, 0.1) is 5.56 Å². The Balaban J connectivity index is 1.48. The molecule has 13 heteroatoms. The number of carbonyl (C=O) groups is 1. The van der Waals surface area contributed by atoms with Crippen molar-refractivity contribution < 1.29 is 26.6 Å². The van der Waals surface area contributed by atoms with Gasteiger partial charge in [0.25, 0.3) is 5.91 Å². The van der Waals surface area contributed by atoms with Crippen LogP contribution in [-0.4, -0.2) is 26.2 Å². The number of halogens is 4. The predicted octanol–water partition coefficient (Wildman–Crippen LogP) is 3.77. The summed E-state index contributed by atoms with van der Waals surface area (Å²) in [6.07, 6.45) is -4.86. The number of benzene rings is 2. The van der Waals surface area contributed by atoms with Gasteiger partial charge in [0, 0.05) is 23.3 Å². The van der Waals surface area contributed by atoms with Crippen LogP contribution in [0.4, 0.5) is 28.9 Å². The number of hydrogen-bond donors (Lipinski definition) is 3. The number of hydrogen-bond acceptors (Lipinski definition) is 5.